The Hall–Kier alpha value is -1.22. The van der Waals surface area contributed by atoms with E-state index in [0.29, 0.717) is 32.9 Å². The zero-order valence-corrected chi connectivity index (χ0v) is 17.9. The number of rotatable bonds is 4. The van der Waals surface area contributed by atoms with E-state index in [1.807, 2.05) is 24.3 Å². The minimum absolute atomic E-state index is 0.309. The largest absolute Gasteiger partial charge is 0.486 e. The molecule has 1 aliphatic heterocycles. The molecular weight excluding hydrogens is 508 g/mol. The highest BCUT2D eigenvalue weighted by Gasteiger charge is 2.31. The van der Waals surface area contributed by atoms with Crippen LogP contribution in [0.25, 0.3) is 6.08 Å². The number of amides is 2. The second kappa shape index (κ2) is 8.21. The quantitative estimate of drug-likeness (QED) is 0.376. The molecule has 1 aliphatic rings. The number of halogens is 3. The van der Waals surface area contributed by atoms with Crippen LogP contribution >= 0.6 is 57.6 Å². The number of likely N-dealkylation sites (N-methyl/N-ethyl adjacent to an activating group) is 1. The van der Waals surface area contributed by atoms with Gasteiger partial charge in [0.05, 0.1) is 15.0 Å². The highest BCUT2D eigenvalue weighted by atomic mass is 127. The summed E-state index contributed by atoms with van der Waals surface area (Å²) in [7, 11) is 1.44. The van der Waals surface area contributed by atoms with E-state index in [2.05, 4.69) is 22.6 Å². The molecule has 1 heterocycles. The molecule has 0 bridgehead atoms. The average molecular weight is 520 g/mol. The summed E-state index contributed by atoms with van der Waals surface area (Å²) in [5.41, 5.74) is 1.62. The van der Waals surface area contributed by atoms with Crippen molar-refractivity contribution in [2.75, 3.05) is 7.05 Å². The van der Waals surface area contributed by atoms with E-state index in [-0.39, 0.29) is 11.1 Å². The summed E-state index contributed by atoms with van der Waals surface area (Å²) < 4.78 is 6.89. The lowest BCUT2D eigenvalue weighted by Gasteiger charge is -2.11. The lowest BCUT2D eigenvalue weighted by atomic mass is 10.2. The molecule has 134 valence electrons. The summed E-state index contributed by atoms with van der Waals surface area (Å²) >= 11 is 15.7. The van der Waals surface area contributed by atoms with Crippen molar-refractivity contribution >= 4 is 74.8 Å². The van der Waals surface area contributed by atoms with Gasteiger partial charge in [-0.15, -0.1) is 0 Å². The molecule has 3 rings (SSSR count). The fourth-order valence-electron chi connectivity index (χ4n) is 2.23. The van der Waals surface area contributed by atoms with E-state index < -0.39 is 0 Å². The molecule has 0 atom stereocenters. The third-order valence-electron chi connectivity index (χ3n) is 3.60. The van der Waals surface area contributed by atoms with E-state index in [0.717, 1.165) is 25.8 Å². The average Bonchev–Trinajstić information content (AvgIpc) is 2.83. The summed E-state index contributed by atoms with van der Waals surface area (Å²) in [6.45, 7) is 0.338. The molecule has 0 aromatic heterocycles. The van der Waals surface area contributed by atoms with Gasteiger partial charge in [-0.2, -0.15) is 0 Å². The molecule has 0 saturated carbocycles. The van der Waals surface area contributed by atoms with Gasteiger partial charge in [-0.1, -0.05) is 35.3 Å². The van der Waals surface area contributed by atoms with Gasteiger partial charge in [0.15, 0.2) is 5.75 Å². The normalized spacial score (nSPS) is 15.8. The number of benzene rings is 2. The maximum atomic E-state index is 12.0. The molecule has 0 spiro atoms. The van der Waals surface area contributed by atoms with Gasteiger partial charge < -0.3 is 4.74 Å². The van der Waals surface area contributed by atoms with Crippen molar-refractivity contribution in [1.82, 2.24) is 4.90 Å². The summed E-state index contributed by atoms with van der Waals surface area (Å²) in [4.78, 5) is 24.9. The first-order valence-electron chi connectivity index (χ1n) is 7.43. The molecule has 1 fully saturated rings. The van der Waals surface area contributed by atoms with Crippen LogP contribution in [0.4, 0.5) is 4.79 Å². The summed E-state index contributed by atoms with van der Waals surface area (Å²) in [5, 5.41) is 0.367. The Kier molecular flexibility index (Phi) is 6.17. The third-order valence-corrected chi connectivity index (χ3v) is 5.84. The van der Waals surface area contributed by atoms with Crippen LogP contribution in [-0.4, -0.2) is 23.1 Å². The van der Waals surface area contributed by atoms with Crippen LogP contribution in [0.1, 0.15) is 11.1 Å². The molecule has 4 nitrogen and oxygen atoms in total. The summed E-state index contributed by atoms with van der Waals surface area (Å²) in [5.74, 6) is 0.0407. The van der Waals surface area contributed by atoms with Crippen LogP contribution < -0.4 is 4.74 Å². The lowest BCUT2D eigenvalue weighted by molar-refractivity contribution is -0.121. The number of ether oxygens (including phenoxy) is 1. The Labute approximate surface area is 178 Å². The fraction of sp³-hybridized carbons (Fsp3) is 0.111. The first kappa shape index (κ1) is 19.5. The van der Waals surface area contributed by atoms with Gasteiger partial charge in [0, 0.05) is 10.6 Å². The minimum Gasteiger partial charge on any atom is -0.486 e. The first-order chi connectivity index (χ1) is 12.3. The number of carbonyl (C=O) groups excluding carboxylic acids is 2. The van der Waals surface area contributed by atoms with E-state index in [1.54, 1.807) is 18.2 Å². The number of hydrogen-bond acceptors (Lipinski definition) is 4. The molecule has 0 aliphatic carbocycles. The lowest BCUT2D eigenvalue weighted by Crippen LogP contribution is -2.22. The Balaban J connectivity index is 1.79. The van der Waals surface area contributed by atoms with Crippen molar-refractivity contribution in [2.45, 2.75) is 6.61 Å². The summed E-state index contributed by atoms with van der Waals surface area (Å²) in [6.07, 6.45) is 1.59. The predicted octanol–water partition coefficient (Wildman–Crippen LogP) is 5.84. The van der Waals surface area contributed by atoms with Gasteiger partial charge in [-0.3, -0.25) is 14.5 Å². The second-order valence-electron chi connectivity index (χ2n) is 5.47. The monoisotopic (exact) mass is 519 g/mol. The van der Waals surface area contributed by atoms with Crippen LogP contribution in [0, 0.1) is 3.57 Å². The molecule has 8 heteroatoms. The van der Waals surface area contributed by atoms with Crippen molar-refractivity contribution in [3.05, 3.63) is 66.0 Å². The number of carbonyl (C=O) groups is 2. The zero-order chi connectivity index (χ0) is 18.8. The number of thioether (sulfide) groups is 1. The number of nitrogens with zero attached hydrogens (tertiary/aromatic N) is 1. The minimum atomic E-state index is -0.341. The van der Waals surface area contributed by atoms with Gasteiger partial charge in [0.2, 0.25) is 0 Å². The van der Waals surface area contributed by atoms with Crippen LogP contribution in [0.15, 0.2) is 41.3 Å². The topological polar surface area (TPSA) is 46.6 Å². The van der Waals surface area contributed by atoms with E-state index in [4.69, 9.17) is 27.9 Å². The van der Waals surface area contributed by atoms with Crippen molar-refractivity contribution in [3.8, 4) is 5.75 Å². The standard InChI is InChI=1S/C18H12Cl2INO3S/c1-22-17(23)15(26-18(22)24)8-11-6-13(19)16(14(20)7-11)25-9-10-2-4-12(21)5-3-10/h2-8H,9H2,1H3/b15-8-. The van der Waals surface area contributed by atoms with E-state index >= 15 is 0 Å². The van der Waals surface area contributed by atoms with Crippen LogP contribution in [0.2, 0.25) is 10.0 Å². The third kappa shape index (κ3) is 4.36. The maximum Gasteiger partial charge on any atom is 0.293 e. The molecule has 2 aromatic rings. The zero-order valence-electron chi connectivity index (χ0n) is 13.5. The number of hydrogen-bond donors (Lipinski definition) is 0. The van der Waals surface area contributed by atoms with Crippen LogP contribution in [-0.2, 0) is 11.4 Å². The highest BCUT2D eigenvalue weighted by molar-refractivity contribution is 14.1. The molecule has 0 N–H and O–H groups in total. The molecule has 2 amide bonds. The second-order valence-corrected chi connectivity index (χ2v) is 8.52. The number of imide groups is 1. The van der Waals surface area contributed by atoms with E-state index in [9.17, 15) is 9.59 Å². The Bertz CT molecular complexity index is 892. The Morgan fingerprint density at radius 2 is 1.77 bits per heavy atom. The van der Waals surface area contributed by atoms with Crippen molar-refractivity contribution in [3.63, 3.8) is 0 Å². The highest BCUT2D eigenvalue weighted by Crippen LogP contribution is 2.37. The van der Waals surface area contributed by atoms with Crippen molar-refractivity contribution < 1.29 is 14.3 Å². The molecule has 2 aromatic carbocycles. The Morgan fingerprint density at radius 3 is 2.31 bits per heavy atom. The molecular formula is C18H12Cl2INO3S. The van der Waals surface area contributed by atoms with Gasteiger partial charge in [-0.05, 0) is 75.8 Å². The van der Waals surface area contributed by atoms with Gasteiger partial charge >= 0.3 is 0 Å². The molecule has 26 heavy (non-hydrogen) atoms. The Morgan fingerprint density at radius 1 is 1.15 bits per heavy atom. The fourth-order valence-corrected chi connectivity index (χ4v) is 4.03. The smallest absolute Gasteiger partial charge is 0.293 e. The predicted molar refractivity (Wildman–Crippen MR) is 114 cm³/mol. The van der Waals surface area contributed by atoms with Crippen LogP contribution in [0.3, 0.4) is 0 Å². The molecule has 0 unspecified atom stereocenters. The van der Waals surface area contributed by atoms with Crippen molar-refractivity contribution in [2.24, 2.45) is 0 Å². The van der Waals surface area contributed by atoms with Crippen LogP contribution in [0.5, 0.6) is 5.75 Å². The van der Waals surface area contributed by atoms with Gasteiger partial charge in [-0.25, -0.2) is 0 Å². The van der Waals surface area contributed by atoms with Gasteiger partial charge in [0.1, 0.15) is 6.61 Å². The van der Waals surface area contributed by atoms with E-state index in [1.165, 1.54) is 7.05 Å². The first-order valence-corrected chi connectivity index (χ1v) is 10.1. The molecule has 1 saturated heterocycles. The maximum absolute atomic E-state index is 12.0. The SMILES string of the molecule is CN1C(=O)S/C(=C\c2cc(Cl)c(OCc3ccc(I)cc3)c(Cl)c2)C1=O. The van der Waals surface area contributed by atoms with Gasteiger partial charge in [0.25, 0.3) is 11.1 Å². The molecule has 0 radical (unpaired) electrons. The van der Waals surface area contributed by atoms with Crippen molar-refractivity contribution in [1.29, 1.82) is 0 Å². The summed E-state index contributed by atoms with van der Waals surface area (Å²) in [6, 6.07) is 11.2.